The highest BCUT2D eigenvalue weighted by Gasteiger charge is 2.24. The first-order valence-electron chi connectivity index (χ1n) is 8.18. The van der Waals surface area contributed by atoms with Crippen molar-refractivity contribution in [2.45, 2.75) is 19.8 Å². The van der Waals surface area contributed by atoms with Gasteiger partial charge in [0, 0.05) is 18.3 Å². The Morgan fingerprint density at radius 1 is 1.20 bits per heavy atom. The number of carbonyl (C=O) groups excluding carboxylic acids is 1. The zero-order valence-corrected chi connectivity index (χ0v) is 14.6. The minimum atomic E-state index is -0.845. The highest BCUT2D eigenvalue weighted by Crippen LogP contribution is 2.26. The summed E-state index contributed by atoms with van der Waals surface area (Å²) in [6, 6.07) is 17.7. The highest BCUT2D eigenvalue weighted by atomic mass is 16.5. The van der Waals surface area contributed by atoms with Crippen molar-refractivity contribution in [3.8, 4) is 11.8 Å². The van der Waals surface area contributed by atoms with Gasteiger partial charge in [-0.2, -0.15) is 5.26 Å². The molecule has 0 fully saturated rings. The summed E-state index contributed by atoms with van der Waals surface area (Å²) in [6.07, 6.45) is 0. The molecule has 0 saturated carbocycles. The molecule has 0 aliphatic heterocycles. The Balaban J connectivity index is 1.83. The number of hydrogen-bond donors (Lipinski definition) is 0. The Morgan fingerprint density at radius 2 is 1.96 bits per heavy atom. The highest BCUT2D eigenvalue weighted by molar-refractivity contribution is 5.91. The van der Waals surface area contributed by atoms with Crippen molar-refractivity contribution >= 4 is 16.7 Å². The normalized spacial score (nSPS) is 11.9. The monoisotopic (exact) mass is 332 g/mol. The Bertz CT molecular complexity index is 979. The number of aromatic nitrogens is 1. The van der Waals surface area contributed by atoms with Crippen molar-refractivity contribution < 1.29 is 9.53 Å². The van der Waals surface area contributed by atoms with E-state index in [2.05, 4.69) is 6.07 Å². The number of rotatable bonds is 5. The largest absolute Gasteiger partial charge is 0.485 e. The minimum absolute atomic E-state index is 0.121. The van der Waals surface area contributed by atoms with Gasteiger partial charge in [-0.3, -0.25) is 4.79 Å². The number of Topliss-reactive ketones (excluding diaryl/α,β-unsaturated/α-hetero) is 1. The summed E-state index contributed by atoms with van der Waals surface area (Å²) in [6.45, 7) is 3.79. The molecule has 3 aromatic rings. The van der Waals surface area contributed by atoms with Crippen LogP contribution in [0, 0.1) is 25.2 Å². The predicted octanol–water partition coefficient (Wildman–Crippen LogP) is 4.05. The molecule has 1 heterocycles. The van der Waals surface area contributed by atoms with Crippen molar-refractivity contribution in [2.75, 3.05) is 6.61 Å². The van der Waals surface area contributed by atoms with Gasteiger partial charge in [-0.25, -0.2) is 0 Å². The van der Waals surface area contributed by atoms with Crippen LogP contribution in [0.4, 0.5) is 0 Å². The Morgan fingerprint density at radius 3 is 2.68 bits per heavy atom. The average molecular weight is 332 g/mol. The summed E-state index contributed by atoms with van der Waals surface area (Å²) in [5.74, 6) is -0.404. The van der Waals surface area contributed by atoms with E-state index in [9.17, 15) is 10.1 Å². The number of nitrogens with zero attached hydrogens (tertiary/aromatic N) is 2. The molecule has 1 aromatic heterocycles. The third-order valence-electron chi connectivity index (χ3n) is 4.45. The molecule has 0 saturated heterocycles. The summed E-state index contributed by atoms with van der Waals surface area (Å²) < 4.78 is 7.59. The van der Waals surface area contributed by atoms with Gasteiger partial charge in [0.1, 0.15) is 18.3 Å². The fraction of sp³-hybridized carbons (Fsp3) is 0.238. The number of benzene rings is 2. The molecule has 4 heteroatoms. The Kier molecular flexibility index (Phi) is 4.58. The molecule has 0 aliphatic rings. The maximum absolute atomic E-state index is 12.6. The average Bonchev–Trinajstić information content (AvgIpc) is 2.93. The summed E-state index contributed by atoms with van der Waals surface area (Å²) in [7, 11) is 1.88. The first-order valence-corrected chi connectivity index (χ1v) is 8.18. The molecule has 1 unspecified atom stereocenters. The fourth-order valence-corrected chi connectivity index (χ4v) is 2.99. The first kappa shape index (κ1) is 16.8. The van der Waals surface area contributed by atoms with E-state index in [1.165, 1.54) is 0 Å². The first-order chi connectivity index (χ1) is 12.0. The molecule has 0 aliphatic carbocycles. The molecular formula is C21H20N2O2. The number of ether oxygens (including phenoxy) is 1. The predicted molar refractivity (Wildman–Crippen MR) is 97.7 cm³/mol. The lowest BCUT2D eigenvalue weighted by Crippen LogP contribution is -2.21. The van der Waals surface area contributed by atoms with Crippen LogP contribution in [-0.4, -0.2) is 17.0 Å². The lowest BCUT2D eigenvalue weighted by atomic mass is 10.0. The molecule has 0 amide bonds. The minimum Gasteiger partial charge on any atom is -0.485 e. The number of fused-ring (bicyclic) bond motifs is 1. The van der Waals surface area contributed by atoms with Gasteiger partial charge in [-0.15, -0.1) is 0 Å². The molecule has 0 bridgehead atoms. The molecular weight excluding hydrogens is 312 g/mol. The number of hydrogen-bond acceptors (Lipinski definition) is 3. The van der Waals surface area contributed by atoms with Gasteiger partial charge in [0.2, 0.25) is 0 Å². The lowest BCUT2D eigenvalue weighted by molar-refractivity contribution is -0.121. The molecule has 3 rings (SSSR count). The van der Waals surface area contributed by atoms with Crippen molar-refractivity contribution in [2.24, 2.45) is 7.05 Å². The van der Waals surface area contributed by atoms with E-state index in [-0.39, 0.29) is 12.4 Å². The van der Waals surface area contributed by atoms with Gasteiger partial charge < -0.3 is 9.30 Å². The zero-order chi connectivity index (χ0) is 18.0. The summed E-state index contributed by atoms with van der Waals surface area (Å²) in [4.78, 5) is 12.6. The van der Waals surface area contributed by atoms with Gasteiger partial charge in [0.25, 0.3) is 0 Å². The van der Waals surface area contributed by atoms with Gasteiger partial charge >= 0.3 is 0 Å². The van der Waals surface area contributed by atoms with Crippen LogP contribution in [-0.2, 0) is 11.8 Å². The van der Waals surface area contributed by atoms with Crippen molar-refractivity contribution in [3.05, 3.63) is 65.4 Å². The second-order valence-corrected chi connectivity index (χ2v) is 6.27. The van der Waals surface area contributed by atoms with Crippen LogP contribution in [0.3, 0.4) is 0 Å². The molecule has 2 aromatic carbocycles. The Hall–Kier alpha value is -3.06. The lowest BCUT2D eigenvalue weighted by Gasteiger charge is -2.13. The van der Waals surface area contributed by atoms with E-state index in [4.69, 9.17) is 4.74 Å². The van der Waals surface area contributed by atoms with E-state index in [1.807, 2.05) is 74.0 Å². The molecule has 1 atom stereocenters. The third-order valence-corrected chi connectivity index (χ3v) is 4.45. The summed E-state index contributed by atoms with van der Waals surface area (Å²) in [5.41, 5.74) is 3.73. The summed E-state index contributed by atoms with van der Waals surface area (Å²) in [5, 5.41) is 10.6. The van der Waals surface area contributed by atoms with E-state index in [0.717, 1.165) is 22.0 Å². The topological polar surface area (TPSA) is 55.0 Å². The van der Waals surface area contributed by atoms with Gasteiger partial charge in [-0.05, 0) is 48.6 Å². The molecule has 0 N–H and O–H groups in total. The van der Waals surface area contributed by atoms with Crippen LogP contribution in [0.2, 0.25) is 0 Å². The van der Waals surface area contributed by atoms with Crippen molar-refractivity contribution in [1.29, 1.82) is 5.26 Å². The van der Waals surface area contributed by atoms with Crippen molar-refractivity contribution in [3.63, 3.8) is 0 Å². The molecule has 0 radical (unpaired) electrons. The van der Waals surface area contributed by atoms with E-state index in [0.29, 0.717) is 11.4 Å². The summed E-state index contributed by atoms with van der Waals surface area (Å²) >= 11 is 0. The van der Waals surface area contributed by atoms with Crippen LogP contribution in [0.15, 0.2) is 48.5 Å². The number of aryl methyl sites for hydroxylation is 3. The van der Waals surface area contributed by atoms with Crippen molar-refractivity contribution in [1.82, 2.24) is 4.57 Å². The number of ketones is 1. The maximum Gasteiger partial charge on any atom is 0.193 e. The quantitative estimate of drug-likeness (QED) is 0.708. The standard InChI is InChI=1S/C21H20N2O2/c1-14-8-9-15(2)21(10-14)25-13-20(24)17(12-22)19-11-16-6-4-5-7-18(16)23(19)3/h4-11,17H,13H2,1-3H3. The van der Waals surface area contributed by atoms with Crippen LogP contribution in [0.25, 0.3) is 10.9 Å². The SMILES string of the molecule is Cc1ccc(C)c(OCC(=O)C(C#N)c2cc3ccccc3n2C)c1. The molecule has 0 spiro atoms. The van der Waals surface area contributed by atoms with Crippen LogP contribution in [0.5, 0.6) is 5.75 Å². The number of para-hydroxylation sites is 1. The molecule has 126 valence electrons. The smallest absolute Gasteiger partial charge is 0.193 e. The van der Waals surface area contributed by atoms with Gasteiger partial charge in [0.05, 0.1) is 6.07 Å². The number of carbonyl (C=O) groups is 1. The van der Waals surface area contributed by atoms with Gasteiger partial charge in [0.15, 0.2) is 5.78 Å². The second kappa shape index (κ2) is 6.82. The molecule has 4 nitrogen and oxygen atoms in total. The molecule has 25 heavy (non-hydrogen) atoms. The van der Waals surface area contributed by atoms with E-state index >= 15 is 0 Å². The van der Waals surface area contributed by atoms with Gasteiger partial charge in [-0.1, -0.05) is 30.3 Å². The van der Waals surface area contributed by atoms with Crippen LogP contribution < -0.4 is 4.74 Å². The van der Waals surface area contributed by atoms with Crippen LogP contribution >= 0.6 is 0 Å². The Labute approximate surface area is 147 Å². The van der Waals surface area contributed by atoms with E-state index < -0.39 is 5.92 Å². The second-order valence-electron chi connectivity index (χ2n) is 6.27. The fourth-order valence-electron chi connectivity index (χ4n) is 2.99. The van der Waals surface area contributed by atoms with E-state index in [1.54, 1.807) is 0 Å². The maximum atomic E-state index is 12.6. The zero-order valence-electron chi connectivity index (χ0n) is 14.6. The van der Waals surface area contributed by atoms with Crippen LogP contribution in [0.1, 0.15) is 22.7 Å². The number of nitriles is 1. The third kappa shape index (κ3) is 3.27.